The van der Waals surface area contributed by atoms with E-state index in [9.17, 15) is 14.0 Å². The first-order valence-electron chi connectivity index (χ1n) is 10.9. The first-order valence-corrected chi connectivity index (χ1v) is 10.9. The van der Waals surface area contributed by atoms with E-state index in [2.05, 4.69) is 5.32 Å². The molecule has 1 fully saturated rings. The van der Waals surface area contributed by atoms with Crippen molar-refractivity contribution in [2.75, 3.05) is 4.90 Å². The number of rotatable bonds is 6. The number of aryl methyl sites for hydroxylation is 2. The van der Waals surface area contributed by atoms with Crippen LogP contribution in [0, 0.1) is 19.7 Å². The van der Waals surface area contributed by atoms with Crippen molar-refractivity contribution in [2.45, 2.75) is 51.6 Å². The van der Waals surface area contributed by atoms with E-state index in [1.54, 1.807) is 31.2 Å². The average molecular weight is 435 g/mol. The molecule has 1 heterocycles. The van der Waals surface area contributed by atoms with Crippen molar-refractivity contribution in [3.63, 3.8) is 0 Å². The maximum Gasteiger partial charge on any atom is 0.294 e. The maximum atomic E-state index is 14.5. The second-order valence-electron chi connectivity index (χ2n) is 8.39. The molecule has 6 heteroatoms. The van der Waals surface area contributed by atoms with Crippen molar-refractivity contribution in [3.05, 3.63) is 89.1 Å². The quantitative estimate of drug-likeness (QED) is 0.559. The van der Waals surface area contributed by atoms with E-state index >= 15 is 0 Å². The van der Waals surface area contributed by atoms with Crippen molar-refractivity contribution in [1.29, 1.82) is 0 Å². The zero-order valence-corrected chi connectivity index (χ0v) is 18.3. The third kappa shape index (κ3) is 4.59. The summed E-state index contributed by atoms with van der Waals surface area (Å²) >= 11 is 0. The van der Waals surface area contributed by atoms with E-state index in [0.29, 0.717) is 16.8 Å². The predicted octanol–water partition coefficient (Wildman–Crippen LogP) is 5.48. The molecule has 1 N–H and O–H groups in total. The van der Waals surface area contributed by atoms with Gasteiger partial charge in [-0.3, -0.25) is 14.5 Å². The molecular formula is C26H27FN2O3. The maximum absolute atomic E-state index is 14.5. The molecule has 1 atom stereocenters. The van der Waals surface area contributed by atoms with E-state index in [-0.39, 0.29) is 17.7 Å². The number of hydrogen-bond acceptors (Lipinski definition) is 3. The lowest BCUT2D eigenvalue weighted by atomic mass is 10.0. The van der Waals surface area contributed by atoms with Gasteiger partial charge in [-0.1, -0.05) is 48.7 Å². The van der Waals surface area contributed by atoms with Gasteiger partial charge in [0.05, 0.1) is 6.26 Å². The topological polar surface area (TPSA) is 62.6 Å². The van der Waals surface area contributed by atoms with Crippen LogP contribution in [0.3, 0.4) is 0 Å². The molecule has 0 radical (unpaired) electrons. The van der Waals surface area contributed by atoms with Gasteiger partial charge >= 0.3 is 0 Å². The third-order valence-corrected chi connectivity index (χ3v) is 5.99. The van der Waals surface area contributed by atoms with Crippen LogP contribution < -0.4 is 10.2 Å². The van der Waals surface area contributed by atoms with Gasteiger partial charge in [0.1, 0.15) is 11.9 Å². The van der Waals surface area contributed by atoms with Crippen molar-refractivity contribution < 1.29 is 18.4 Å². The molecule has 5 nitrogen and oxygen atoms in total. The molecule has 0 spiro atoms. The Hall–Kier alpha value is -3.41. The Kier molecular flexibility index (Phi) is 6.40. The fourth-order valence-electron chi connectivity index (χ4n) is 4.15. The van der Waals surface area contributed by atoms with E-state index in [0.717, 1.165) is 31.2 Å². The van der Waals surface area contributed by atoms with Crippen LogP contribution in [0.4, 0.5) is 10.1 Å². The second-order valence-corrected chi connectivity index (χ2v) is 8.39. The number of carbonyl (C=O) groups excluding carboxylic acids is 2. The van der Waals surface area contributed by atoms with Crippen LogP contribution in [0.2, 0.25) is 0 Å². The van der Waals surface area contributed by atoms with Crippen LogP contribution in [-0.2, 0) is 4.79 Å². The Morgan fingerprint density at radius 2 is 1.78 bits per heavy atom. The highest BCUT2D eigenvalue weighted by molar-refractivity contribution is 6.08. The number of carbonyl (C=O) groups is 2. The lowest BCUT2D eigenvalue weighted by Gasteiger charge is -2.32. The van der Waals surface area contributed by atoms with Crippen LogP contribution in [0.5, 0.6) is 0 Å². The monoisotopic (exact) mass is 434 g/mol. The summed E-state index contributed by atoms with van der Waals surface area (Å²) in [6.07, 6.45) is 5.37. The van der Waals surface area contributed by atoms with Gasteiger partial charge in [-0.05, 0) is 62.1 Å². The lowest BCUT2D eigenvalue weighted by Crippen LogP contribution is -2.46. The summed E-state index contributed by atoms with van der Waals surface area (Å²) in [7, 11) is 0. The number of amides is 2. The van der Waals surface area contributed by atoms with Crippen molar-refractivity contribution >= 4 is 17.5 Å². The molecule has 0 bridgehead atoms. The predicted molar refractivity (Wildman–Crippen MR) is 121 cm³/mol. The Bertz CT molecular complexity index is 1090. The zero-order chi connectivity index (χ0) is 22.7. The Morgan fingerprint density at radius 3 is 2.41 bits per heavy atom. The highest BCUT2D eigenvalue weighted by atomic mass is 19.1. The standard InChI is InChI=1S/C26H27FN2O3/c1-17-9-12-19(13-10-17)24(25(30)28-20-6-3-4-7-20)29(26(31)23-8-5-15-32-23)21-14-11-18(2)22(27)16-21/h5,8-16,20,24H,3-4,6-7H2,1-2H3,(H,28,30)/t24-/m0/s1. The SMILES string of the molecule is Cc1ccc([C@@H](C(=O)NC2CCCC2)N(C(=O)c2ccco2)c2ccc(C)c(F)c2)cc1. The zero-order valence-electron chi connectivity index (χ0n) is 18.3. The molecule has 1 saturated carbocycles. The minimum atomic E-state index is -0.976. The largest absolute Gasteiger partial charge is 0.459 e. The second kappa shape index (κ2) is 9.39. The van der Waals surface area contributed by atoms with Crippen LogP contribution in [0.15, 0.2) is 65.3 Å². The summed E-state index contributed by atoms with van der Waals surface area (Å²) in [4.78, 5) is 28.5. The van der Waals surface area contributed by atoms with Crippen molar-refractivity contribution in [2.24, 2.45) is 0 Å². The summed E-state index contributed by atoms with van der Waals surface area (Å²) in [5.74, 6) is -1.16. The summed E-state index contributed by atoms with van der Waals surface area (Å²) in [5, 5.41) is 3.11. The fourth-order valence-corrected chi connectivity index (χ4v) is 4.15. The lowest BCUT2D eigenvalue weighted by molar-refractivity contribution is -0.123. The van der Waals surface area contributed by atoms with Gasteiger partial charge in [0.15, 0.2) is 5.76 Å². The molecule has 1 aromatic heterocycles. The Morgan fingerprint density at radius 1 is 1.06 bits per heavy atom. The number of hydrogen-bond donors (Lipinski definition) is 1. The van der Waals surface area contributed by atoms with E-state index in [1.807, 2.05) is 31.2 Å². The minimum Gasteiger partial charge on any atom is -0.459 e. The summed E-state index contributed by atoms with van der Waals surface area (Å²) in [5.41, 5.74) is 2.43. The molecule has 2 amide bonds. The van der Waals surface area contributed by atoms with Gasteiger partial charge in [-0.25, -0.2) is 4.39 Å². The van der Waals surface area contributed by atoms with Crippen LogP contribution in [0.25, 0.3) is 0 Å². The van der Waals surface area contributed by atoms with Gasteiger partial charge in [0, 0.05) is 11.7 Å². The molecule has 32 heavy (non-hydrogen) atoms. The van der Waals surface area contributed by atoms with Crippen LogP contribution >= 0.6 is 0 Å². The van der Waals surface area contributed by atoms with Gasteiger partial charge in [-0.15, -0.1) is 0 Å². The number of anilines is 1. The number of benzene rings is 2. The average Bonchev–Trinajstić information content (AvgIpc) is 3.49. The Labute approximate surface area is 187 Å². The number of halogens is 1. The van der Waals surface area contributed by atoms with Gasteiger partial charge in [0.25, 0.3) is 5.91 Å². The highest BCUT2D eigenvalue weighted by Crippen LogP contribution is 2.32. The minimum absolute atomic E-state index is 0.0748. The van der Waals surface area contributed by atoms with Crippen molar-refractivity contribution in [1.82, 2.24) is 5.32 Å². The summed E-state index contributed by atoms with van der Waals surface area (Å²) in [6.45, 7) is 3.61. The van der Waals surface area contributed by atoms with E-state index < -0.39 is 17.8 Å². The van der Waals surface area contributed by atoms with Crippen molar-refractivity contribution in [3.8, 4) is 0 Å². The first kappa shape index (κ1) is 21.8. The molecule has 1 aliphatic carbocycles. The summed E-state index contributed by atoms with van der Waals surface area (Å²) < 4.78 is 19.9. The first-order chi connectivity index (χ1) is 15.4. The molecule has 0 unspecified atom stereocenters. The fraction of sp³-hybridized carbons (Fsp3) is 0.308. The molecule has 166 valence electrons. The number of furan rings is 1. The third-order valence-electron chi connectivity index (χ3n) is 5.99. The molecule has 0 aliphatic heterocycles. The van der Waals surface area contributed by atoms with Crippen LogP contribution in [-0.4, -0.2) is 17.9 Å². The van der Waals surface area contributed by atoms with E-state index in [1.165, 1.54) is 17.2 Å². The van der Waals surface area contributed by atoms with Crippen LogP contribution in [0.1, 0.15) is 59.0 Å². The smallest absolute Gasteiger partial charge is 0.294 e. The molecular weight excluding hydrogens is 407 g/mol. The number of nitrogens with zero attached hydrogens (tertiary/aromatic N) is 1. The highest BCUT2D eigenvalue weighted by Gasteiger charge is 2.36. The molecule has 3 aromatic rings. The molecule has 0 saturated heterocycles. The number of nitrogens with one attached hydrogen (secondary N) is 1. The molecule has 4 rings (SSSR count). The van der Waals surface area contributed by atoms with Gasteiger partial charge < -0.3 is 9.73 Å². The summed E-state index contributed by atoms with van der Waals surface area (Å²) in [6, 6.07) is 14.3. The van der Waals surface area contributed by atoms with E-state index in [4.69, 9.17) is 4.42 Å². The molecule has 2 aromatic carbocycles. The van der Waals surface area contributed by atoms with Gasteiger partial charge in [0.2, 0.25) is 5.91 Å². The normalized spacial score (nSPS) is 14.8. The Balaban J connectivity index is 1.82. The molecule has 1 aliphatic rings. The van der Waals surface area contributed by atoms with Gasteiger partial charge in [-0.2, -0.15) is 0 Å².